The highest BCUT2D eigenvalue weighted by atomic mass is 32.2. The minimum absolute atomic E-state index is 0.00249. The van der Waals surface area contributed by atoms with Gasteiger partial charge in [-0.1, -0.05) is 29.0 Å². The Morgan fingerprint density at radius 3 is 2.52 bits per heavy atom. The zero-order valence-electron chi connectivity index (χ0n) is 19.7. The van der Waals surface area contributed by atoms with Crippen LogP contribution in [0.5, 0.6) is 10.9 Å². The zero-order chi connectivity index (χ0) is 23.0. The van der Waals surface area contributed by atoms with E-state index in [2.05, 4.69) is 27.2 Å². The van der Waals surface area contributed by atoms with Crippen molar-refractivity contribution in [2.24, 2.45) is 17.8 Å². The minimum Gasteiger partial charge on any atom is -0.497 e. The number of hydrogen-bond donors (Lipinski definition) is 0. The number of ether oxygens (including phenoxy) is 2. The molecule has 1 heterocycles. The van der Waals surface area contributed by atoms with Crippen LogP contribution in [-0.4, -0.2) is 45.5 Å². The fraction of sp³-hybridized carbons (Fsp3) is 0.640. The molecule has 4 bridgehead atoms. The summed E-state index contributed by atoms with van der Waals surface area (Å²) in [6.45, 7) is 4.58. The second-order valence-corrected chi connectivity index (χ2v) is 12.4. The lowest BCUT2D eigenvalue weighted by Gasteiger charge is -2.60. The van der Waals surface area contributed by atoms with Crippen LogP contribution in [0, 0.1) is 17.8 Å². The maximum atomic E-state index is 13.8. The van der Waals surface area contributed by atoms with Gasteiger partial charge >= 0.3 is 0 Å². The van der Waals surface area contributed by atoms with E-state index in [1.165, 1.54) is 42.4 Å². The summed E-state index contributed by atoms with van der Waals surface area (Å²) < 4.78 is 11.9. The van der Waals surface area contributed by atoms with E-state index in [4.69, 9.17) is 9.47 Å². The summed E-state index contributed by atoms with van der Waals surface area (Å²) in [7, 11) is 1.69. The summed E-state index contributed by atoms with van der Waals surface area (Å²) in [4.78, 5) is 16.0. The molecule has 8 heteroatoms. The largest absolute Gasteiger partial charge is 0.497 e. The molecule has 4 saturated carbocycles. The molecule has 4 fully saturated rings. The van der Waals surface area contributed by atoms with Gasteiger partial charge in [-0.3, -0.25) is 4.79 Å². The fourth-order valence-electron chi connectivity index (χ4n) is 6.58. The van der Waals surface area contributed by atoms with Crippen LogP contribution in [0.2, 0.25) is 0 Å². The van der Waals surface area contributed by atoms with E-state index in [0.717, 1.165) is 52.7 Å². The van der Waals surface area contributed by atoms with Crippen molar-refractivity contribution in [1.82, 2.24) is 15.1 Å². The highest BCUT2D eigenvalue weighted by molar-refractivity contribution is 8.01. The Morgan fingerprint density at radius 1 is 1.18 bits per heavy atom. The first-order chi connectivity index (χ1) is 15.9. The normalized spacial score (nSPS) is 27.7. The first kappa shape index (κ1) is 23.0. The number of rotatable bonds is 9. The summed E-state index contributed by atoms with van der Waals surface area (Å²) in [5, 5.41) is 8.89. The van der Waals surface area contributed by atoms with Crippen LogP contribution >= 0.6 is 23.1 Å². The van der Waals surface area contributed by atoms with E-state index in [1.54, 1.807) is 7.11 Å². The van der Waals surface area contributed by atoms with Crippen molar-refractivity contribution in [3.63, 3.8) is 0 Å². The van der Waals surface area contributed by atoms with Gasteiger partial charge in [-0.2, -0.15) is 0 Å². The summed E-state index contributed by atoms with van der Waals surface area (Å²) in [6, 6.07) is 8.15. The number of methoxy groups -OCH3 is 1. The summed E-state index contributed by atoms with van der Waals surface area (Å²) in [5.74, 6) is 3.76. The Kier molecular flexibility index (Phi) is 6.58. The predicted octanol–water partition coefficient (Wildman–Crippen LogP) is 5.42. The van der Waals surface area contributed by atoms with Crippen LogP contribution < -0.4 is 9.47 Å². The Labute approximate surface area is 204 Å². The first-order valence-corrected chi connectivity index (χ1v) is 13.8. The molecular weight excluding hydrogens is 454 g/mol. The summed E-state index contributed by atoms with van der Waals surface area (Å²) in [5.41, 5.74) is 1.13. The molecule has 1 amide bonds. The van der Waals surface area contributed by atoms with E-state index in [0.29, 0.717) is 17.5 Å². The number of aromatic nitrogens is 2. The fourth-order valence-corrected chi connectivity index (χ4v) is 8.26. The van der Waals surface area contributed by atoms with Crippen LogP contribution in [-0.2, 0) is 11.3 Å². The van der Waals surface area contributed by atoms with Crippen molar-refractivity contribution >= 4 is 29.0 Å². The average Bonchev–Trinajstić information content (AvgIpc) is 3.21. The second-order valence-electron chi connectivity index (χ2n) is 10.3. The van der Waals surface area contributed by atoms with Crippen LogP contribution in [0.25, 0.3) is 0 Å². The third-order valence-electron chi connectivity index (χ3n) is 7.40. The van der Waals surface area contributed by atoms with E-state index in [1.807, 2.05) is 26.0 Å². The molecule has 4 aliphatic carbocycles. The van der Waals surface area contributed by atoms with Crippen molar-refractivity contribution < 1.29 is 14.3 Å². The van der Waals surface area contributed by atoms with Crippen molar-refractivity contribution in [3.8, 4) is 10.9 Å². The molecule has 0 atom stereocenters. The molecule has 0 radical (unpaired) electrons. The molecule has 0 N–H and O–H groups in total. The number of nitrogens with zero attached hydrogens (tertiary/aromatic N) is 3. The third kappa shape index (κ3) is 5.02. The maximum Gasteiger partial charge on any atom is 0.295 e. The molecule has 2 aromatic rings. The van der Waals surface area contributed by atoms with Gasteiger partial charge in [0.05, 0.1) is 19.0 Å². The van der Waals surface area contributed by atoms with Crippen molar-refractivity contribution in [1.29, 1.82) is 0 Å². The standard InChI is InChI=1S/C25H33N3O3S2/c1-16(2)31-23-26-27-24(33-23)32-15-22(29)28(14-17-5-4-6-21(10-17)30-3)25-11-18-7-19(12-25)9-20(8-18)13-25/h4-6,10,16,18-20H,7-9,11-15H2,1-3H3. The van der Waals surface area contributed by atoms with Crippen molar-refractivity contribution in [3.05, 3.63) is 29.8 Å². The number of carbonyl (C=O) groups is 1. The van der Waals surface area contributed by atoms with Gasteiger partial charge in [-0.05, 0) is 99.2 Å². The molecule has 1 aromatic heterocycles. The predicted molar refractivity (Wildman–Crippen MR) is 131 cm³/mol. The van der Waals surface area contributed by atoms with Gasteiger partial charge in [-0.15, -0.1) is 5.10 Å². The van der Waals surface area contributed by atoms with Gasteiger partial charge in [-0.25, -0.2) is 0 Å². The Bertz CT molecular complexity index is 957. The number of hydrogen-bond acceptors (Lipinski definition) is 7. The molecule has 0 aliphatic heterocycles. The molecular formula is C25H33N3O3S2. The first-order valence-electron chi connectivity index (χ1n) is 12.0. The lowest BCUT2D eigenvalue weighted by Crippen LogP contribution is -2.61. The van der Waals surface area contributed by atoms with E-state index in [9.17, 15) is 4.79 Å². The molecule has 178 valence electrons. The zero-order valence-corrected chi connectivity index (χ0v) is 21.3. The Hall–Kier alpha value is -1.80. The molecule has 0 spiro atoms. The van der Waals surface area contributed by atoms with E-state index >= 15 is 0 Å². The van der Waals surface area contributed by atoms with Crippen LogP contribution in [0.1, 0.15) is 57.9 Å². The SMILES string of the molecule is COc1cccc(CN(C(=O)CSc2nnc(OC(C)C)s2)C23CC4CC(CC(C4)C2)C3)c1. The second kappa shape index (κ2) is 9.45. The van der Waals surface area contributed by atoms with Gasteiger partial charge in [0.15, 0.2) is 4.34 Å². The summed E-state index contributed by atoms with van der Waals surface area (Å²) in [6.07, 6.45) is 7.61. The molecule has 6 rings (SSSR count). The third-order valence-corrected chi connectivity index (χ3v) is 9.33. The number of benzene rings is 1. The van der Waals surface area contributed by atoms with Crippen molar-refractivity contribution in [2.45, 2.75) is 74.9 Å². The van der Waals surface area contributed by atoms with E-state index in [-0.39, 0.29) is 17.6 Å². The number of amides is 1. The topological polar surface area (TPSA) is 64.5 Å². The van der Waals surface area contributed by atoms with Crippen LogP contribution in [0.3, 0.4) is 0 Å². The highest BCUT2D eigenvalue weighted by Gasteiger charge is 2.54. The molecule has 33 heavy (non-hydrogen) atoms. The quantitative estimate of drug-likeness (QED) is 0.440. The lowest BCUT2D eigenvalue weighted by molar-refractivity contribution is -0.149. The number of carbonyl (C=O) groups excluding carboxylic acids is 1. The smallest absolute Gasteiger partial charge is 0.295 e. The van der Waals surface area contributed by atoms with Gasteiger partial charge < -0.3 is 14.4 Å². The number of thioether (sulfide) groups is 1. The van der Waals surface area contributed by atoms with E-state index < -0.39 is 0 Å². The maximum absolute atomic E-state index is 13.8. The van der Waals surface area contributed by atoms with Crippen LogP contribution in [0.4, 0.5) is 0 Å². The molecule has 0 saturated heterocycles. The van der Waals surface area contributed by atoms with Gasteiger partial charge in [0.2, 0.25) is 5.91 Å². The highest BCUT2D eigenvalue weighted by Crippen LogP contribution is 2.58. The molecule has 6 nitrogen and oxygen atoms in total. The molecule has 1 aromatic carbocycles. The molecule has 4 aliphatic rings. The molecule has 0 unspecified atom stereocenters. The average molecular weight is 488 g/mol. The monoisotopic (exact) mass is 487 g/mol. The summed E-state index contributed by atoms with van der Waals surface area (Å²) >= 11 is 2.89. The van der Waals surface area contributed by atoms with Crippen LogP contribution in [0.15, 0.2) is 28.6 Å². The Balaban J connectivity index is 1.35. The van der Waals surface area contributed by atoms with Gasteiger partial charge in [0, 0.05) is 12.1 Å². The minimum atomic E-state index is 0.00249. The van der Waals surface area contributed by atoms with Crippen molar-refractivity contribution in [2.75, 3.05) is 12.9 Å². The Morgan fingerprint density at radius 2 is 1.88 bits per heavy atom. The van der Waals surface area contributed by atoms with Gasteiger partial charge in [0.25, 0.3) is 5.19 Å². The lowest BCUT2D eigenvalue weighted by atomic mass is 9.52. The van der Waals surface area contributed by atoms with Gasteiger partial charge in [0.1, 0.15) is 5.75 Å².